The van der Waals surface area contributed by atoms with Crippen LogP contribution in [0.5, 0.6) is 0 Å². The van der Waals surface area contributed by atoms with Gasteiger partial charge < -0.3 is 5.11 Å². The smallest absolute Gasteiger partial charge is 0.328 e. The maximum Gasteiger partial charge on any atom is 0.328 e. The van der Waals surface area contributed by atoms with Crippen molar-refractivity contribution in [3.63, 3.8) is 0 Å². The quantitative estimate of drug-likeness (QED) is 0.292. The Kier molecular flexibility index (Phi) is 5.55. The minimum absolute atomic E-state index is 0.270. The maximum atomic E-state index is 13.5. The fourth-order valence-corrected chi connectivity index (χ4v) is 7.40. The summed E-state index contributed by atoms with van der Waals surface area (Å²) in [4.78, 5) is 27.0. The van der Waals surface area contributed by atoms with E-state index in [-0.39, 0.29) is 10.8 Å². The first-order valence-corrected chi connectivity index (χ1v) is 13.1. The number of benzene rings is 3. The van der Waals surface area contributed by atoms with Crippen LogP contribution in [0.1, 0.15) is 28.0 Å². The Hall–Kier alpha value is -3.61. The number of rotatable bonds is 5. The second kappa shape index (κ2) is 8.87. The number of hydrogen-bond acceptors (Lipinski definition) is 4. The third-order valence-corrected chi connectivity index (χ3v) is 8.80. The van der Waals surface area contributed by atoms with Crippen molar-refractivity contribution in [2.45, 2.75) is 22.7 Å². The van der Waals surface area contributed by atoms with Crippen molar-refractivity contribution in [3.05, 3.63) is 123 Å². The SMILES string of the molecule is O=C(O)[C@@H]1[C@@H](c2ccccc2)Sc2c(-c3cccs3)c(Cc3cccc4ccccc34)cc(=O)n21. The molecule has 0 aliphatic carbocycles. The molecule has 0 amide bonds. The largest absolute Gasteiger partial charge is 0.480 e. The van der Waals surface area contributed by atoms with Gasteiger partial charge in [0, 0.05) is 16.5 Å². The first-order chi connectivity index (χ1) is 17.1. The summed E-state index contributed by atoms with van der Waals surface area (Å²) in [5.74, 6) is -0.994. The van der Waals surface area contributed by atoms with E-state index >= 15 is 0 Å². The molecular formula is C29H21NO3S2. The number of carboxylic acids is 1. The molecular weight excluding hydrogens is 474 g/mol. The second-order valence-corrected chi connectivity index (χ2v) is 10.7. The summed E-state index contributed by atoms with van der Waals surface area (Å²) >= 11 is 3.09. The molecule has 35 heavy (non-hydrogen) atoms. The van der Waals surface area contributed by atoms with Crippen LogP contribution in [0.2, 0.25) is 0 Å². The van der Waals surface area contributed by atoms with Crippen LogP contribution >= 0.6 is 23.1 Å². The van der Waals surface area contributed by atoms with Crippen LogP contribution in [0.15, 0.2) is 106 Å². The fourth-order valence-electron chi connectivity index (χ4n) is 4.96. The first-order valence-electron chi connectivity index (χ1n) is 11.3. The van der Waals surface area contributed by atoms with E-state index in [1.165, 1.54) is 16.3 Å². The number of fused-ring (bicyclic) bond motifs is 2. The van der Waals surface area contributed by atoms with Crippen LogP contribution in [0.3, 0.4) is 0 Å². The predicted molar refractivity (Wildman–Crippen MR) is 142 cm³/mol. The van der Waals surface area contributed by atoms with Gasteiger partial charge >= 0.3 is 5.97 Å². The summed E-state index contributed by atoms with van der Waals surface area (Å²) in [6, 6.07) is 28.8. The molecule has 3 aromatic carbocycles. The van der Waals surface area contributed by atoms with E-state index in [9.17, 15) is 14.7 Å². The lowest BCUT2D eigenvalue weighted by Gasteiger charge is -2.17. The molecule has 2 atom stereocenters. The van der Waals surface area contributed by atoms with Gasteiger partial charge in [-0.3, -0.25) is 9.36 Å². The minimum atomic E-state index is -0.994. The molecule has 1 N–H and O–H groups in total. The molecule has 5 aromatic rings. The average Bonchev–Trinajstić information content (AvgIpc) is 3.54. The molecule has 0 saturated carbocycles. The highest BCUT2D eigenvalue weighted by Gasteiger charge is 2.42. The number of thioether (sulfide) groups is 1. The van der Waals surface area contributed by atoms with E-state index in [4.69, 9.17) is 0 Å². The lowest BCUT2D eigenvalue weighted by atomic mass is 9.95. The van der Waals surface area contributed by atoms with Crippen LogP contribution in [0, 0.1) is 0 Å². The molecule has 6 rings (SSSR count). The molecule has 1 aliphatic rings. The van der Waals surface area contributed by atoms with E-state index in [1.807, 2.05) is 66.0 Å². The Bertz CT molecular complexity index is 1600. The summed E-state index contributed by atoms with van der Waals surface area (Å²) < 4.78 is 1.49. The van der Waals surface area contributed by atoms with E-state index in [0.29, 0.717) is 6.42 Å². The molecule has 0 unspecified atom stereocenters. The summed E-state index contributed by atoms with van der Waals surface area (Å²) in [7, 11) is 0. The molecule has 3 heterocycles. The summed E-state index contributed by atoms with van der Waals surface area (Å²) in [5.41, 5.74) is 3.66. The highest BCUT2D eigenvalue weighted by molar-refractivity contribution is 7.99. The van der Waals surface area contributed by atoms with Crippen molar-refractivity contribution in [1.82, 2.24) is 4.57 Å². The number of pyridine rings is 1. The van der Waals surface area contributed by atoms with E-state index < -0.39 is 12.0 Å². The number of aliphatic carboxylic acids is 1. The van der Waals surface area contributed by atoms with E-state index in [1.54, 1.807) is 17.4 Å². The Morgan fingerprint density at radius 3 is 2.43 bits per heavy atom. The highest BCUT2D eigenvalue weighted by atomic mass is 32.2. The van der Waals surface area contributed by atoms with Gasteiger partial charge in [0.15, 0.2) is 6.04 Å². The first kappa shape index (κ1) is 21.9. The molecule has 2 aromatic heterocycles. The van der Waals surface area contributed by atoms with Crippen LogP contribution in [0.4, 0.5) is 0 Å². The molecule has 4 nitrogen and oxygen atoms in total. The summed E-state index contributed by atoms with van der Waals surface area (Å²) in [5, 5.41) is 14.9. The van der Waals surface area contributed by atoms with Gasteiger partial charge in [0.1, 0.15) is 0 Å². The molecule has 0 fully saturated rings. The Labute approximate surface area is 210 Å². The van der Waals surface area contributed by atoms with Crippen molar-refractivity contribution in [1.29, 1.82) is 0 Å². The Balaban J connectivity index is 1.56. The number of carboxylic acid groups (broad SMARTS) is 1. The van der Waals surface area contributed by atoms with Crippen molar-refractivity contribution in [2.24, 2.45) is 0 Å². The van der Waals surface area contributed by atoms with Crippen LogP contribution in [0.25, 0.3) is 21.2 Å². The minimum Gasteiger partial charge on any atom is -0.480 e. The lowest BCUT2D eigenvalue weighted by Crippen LogP contribution is -2.30. The van der Waals surface area contributed by atoms with Gasteiger partial charge in [-0.2, -0.15) is 0 Å². The van der Waals surface area contributed by atoms with Gasteiger partial charge in [-0.1, -0.05) is 90.6 Å². The lowest BCUT2D eigenvalue weighted by molar-refractivity contribution is -0.141. The topological polar surface area (TPSA) is 59.3 Å². The van der Waals surface area contributed by atoms with E-state index in [0.717, 1.165) is 42.9 Å². The van der Waals surface area contributed by atoms with Crippen molar-refractivity contribution >= 4 is 39.8 Å². The van der Waals surface area contributed by atoms with Gasteiger partial charge in [0.25, 0.3) is 5.56 Å². The van der Waals surface area contributed by atoms with Gasteiger partial charge in [0.05, 0.1) is 10.3 Å². The number of thiophene rings is 1. The van der Waals surface area contributed by atoms with Gasteiger partial charge in [-0.25, -0.2) is 4.79 Å². The molecule has 0 bridgehead atoms. The zero-order valence-electron chi connectivity index (χ0n) is 18.6. The van der Waals surface area contributed by atoms with Gasteiger partial charge in [-0.15, -0.1) is 11.3 Å². The fraction of sp³-hybridized carbons (Fsp3) is 0.103. The molecule has 0 spiro atoms. The van der Waals surface area contributed by atoms with Gasteiger partial charge in [0.2, 0.25) is 0 Å². The predicted octanol–water partition coefficient (Wildman–Crippen LogP) is 6.79. The number of carbonyl (C=O) groups is 1. The van der Waals surface area contributed by atoms with Crippen molar-refractivity contribution in [3.8, 4) is 10.4 Å². The Morgan fingerprint density at radius 2 is 1.66 bits per heavy atom. The van der Waals surface area contributed by atoms with Gasteiger partial charge in [-0.05, 0) is 45.3 Å². The zero-order valence-corrected chi connectivity index (χ0v) is 20.3. The summed E-state index contributed by atoms with van der Waals surface area (Å²) in [6.07, 6.45) is 0.589. The maximum absolute atomic E-state index is 13.5. The average molecular weight is 496 g/mol. The number of nitrogens with zero attached hydrogens (tertiary/aromatic N) is 1. The molecule has 172 valence electrons. The van der Waals surface area contributed by atoms with Crippen molar-refractivity contribution in [2.75, 3.05) is 0 Å². The molecule has 0 radical (unpaired) electrons. The third kappa shape index (κ3) is 3.79. The van der Waals surface area contributed by atoms with Crippen LogP contribution < -0.4 is 5.56 Å². The van der Waals surface area contributed by atoms with Crippen LogP contribution in [-0.2, 0) is 11.2 Å². The third-order valence-electron chi connectivity index (χ3n) is 6.50. The molecule has 0 saturated heterocycles. The summed E-state index contributed by atoms with van der Waals surface area (Å²) in [6.45, 7) is 0. The Morgan fingerprint density at radius 1 is 0.886 bits per heavy atom. The van der Waals surface area contributed by atoms with Crippen molar-refractivity contribution < 1.29 is 9.90 Å². The molecule has 1 aliphatic heterocycles. The van der Waals surface area contributed by atoms with Crippen LogP contribution in [-0.4, -0.2) is 15.6 Å². The normalized spacial score (nSPS) is 16.9. The second-order valence-electron chi connectivity index (χ2n) is 8.58. The monoisotopic (exact) mass is 495 g/mol. The highest BCUT2D eigenvalue weighted by Crippen LogP contribution is 2.53. The number of hydrogen-bond donors (Lipinski definition) is 1. The van der Waals surface area contributed by atoms with E-state index in [2.05, 4.69) is 24.3 Å². The number of aromatic nitrogens is 1. The molecule has 6 heteroatoms. The standard InChI is InChI=1S/C29H21NO3S2/c31-24-17-21(16-20-12-6-11-18-8-4-5-13-22(18)20)25(23-14-7-15-34-23)28-30(24)26(29(32)33)27(35-28)19-9-2-1-3-10-19/h1-15,17,26-27H,16H2,(H,32,33)/t26-,27+/m0/s1. The zero-order chi connectivity index (χ0) is 23.9.